The molecule has 0 fully saturated rings. The van der Waals surface area contributed by atoms with Gasteiger partial charge < -0.3 is 0 Å². The average molecular weight is 289 g/mol. The average Bonchev–Trinajstić information content (AvgIpc) is 2.85. The Balaban J connectivity index is 1.94. The molecule has 0 aliphatic carbocycles. The molecule has 0 atom stereocenters. The van der Waals surface area contributed by atoms with Crippen molar-refractivity contribution in [3.8, 4) is 11.3 Å². The van der Waals surface area contributed by atoms with E-state index in [1.165, 1.54) is 6.33 Å². The third-order valence-corrected chi connectivity index (χ3v) is 3.25. The molecule has 2 aromatic heterocycles. The van der Waals surface area contributed by atoms with E-state index >= 15 is 0 Å². The standard InChI is InChI=1S/C12H11N5O2S/c1-20(18,19)16-10-4-2-9(3-5-10)11-6-7-12-14-13-8-17(12)15-11/h2-8,16H,1H3. The fourth-order valence-corrected chi connectivity index (χ4v) is 2.37. The second-order valence-corrected chi connectivity index (χ2v) is 6.05. The van der Waals surface area contributed by atoms with E-state index in [-0.39, 0.29) is 0 Å². The monoisotopic (exact) mass is 289 g/mol. The Bertz CT molecular complexity index is 855. The number of nitrogens with one attached hydrogen (secondary N) is 1. The summed E-state index contributed by atoms with van der Waals surface area (Å²) in [5, 5.41) is 12.0. The van der Waals surface area contributed by atoms with Crippen molar-refractivity contribution in [1.82, 2.24) is 19.8 Å². The van der Waals surface area contributed by atoms with Gasteiger partial charge in [0.25, 0.3) is 0 Å². The van der Waals surface area contributed by atoms with Crippen LogP contribution in [0.25, 0.3) is 16.9 Å². The van der Waals surface area contributed by atoms with Crippen molar-refractivity contribution in [1.29, 1.82) is 0 Å². The van der Waals surface area contributed by atoms with Crippen molar-refractivity contribution in [2.75, 3.05) is 11.0 Å². The Labute approximate surface area is 115 Å². The number of sulfonamides is 1. The highest BCUT2D eigenvalue weighted by Gasteiger charge is 2.05. The fourth-order valence-electron chi connectivity index (χ4n) is 1.81. The molecular formula is C12H11N5O2S. The molecule has 0 aliphatic rings. The molecule has 0 spiro atoms. The number of aromatic nitrogens is 4. The second-order valence-electron chi connectivity index (χ2n) is 4.30. The maximum absolute atomic E-state index is 11.1. The van der Waals surface area contributed by atoms with Gasteiger partial charge in [0.05, 0.1) is 11.9 Å². The highest BCUT2D eigenvalue weighted by molar-refractivity contribution is 7.92. The Kier molecular flexibility index (Phi) is 2.87. The Hall–Kier alpha value is -2.48. The van der Waals surface area contributed by atoms with Crippen LogP contribution in [0.5, 0.6) is 0 Å². The van der Waals surface area contributed by atoms with Crippen LogP contribution in [-0.2, 0) is 10.0 Å². The highest BCUT2D eigenvalue weighted by Crippen LogP contribution is 2.20. The summed E-state index contributed by atoms with van der Waals surface area (Å²) in [7, 11) is -3.26. The summed E-state index contributed by atoms with van der Waals surface area (Å²) in [6, 6.07) is 10.6. The number of hydrogen-bond donors (Lipinski definition) is 1. The van der Waals surface area contributed by atoms with Crippen LogP contribution in [0.3, 0.4) is 0 Å². The summed E-state index contributed by atoms with van der Waals surface area (Å²) in [6.45, 7) is 0. The second kappa shape index (κ2) is 4.57. The molecule has 1 aromatic carbocycles. The molecule has 0 unspecified atom stereocenters. The van der Waals surface area contributed by atoms with Crippen LogP contribution in [-0.4, -0.2) is 34.5 Å². The van der Waals surface area contributed by atoms with Crippen molar-refractivity contribution in [2.24, 2.45) is 0 Å². The number of anilines is 1. The number of fused-ring (bicyclic) bond motifs is 1. The first-order valence-corrected chi connectivity index (χ1v) is 7.66. The predicted octanol–water partition coefficient (Wildman–Crippen LogP) is 1.16. The van der Waals surface area contributed by atoms with Crippen molar-refractivity contribution in [3.05, 3.63) is 42.7 Å². The third-order valence-electron chi connectivity index (χ3n) is 2.65. The maximum atomic E-state index is 11.1. The molecule has 3 aromatic rings. The van der Waals surface area contributed by atoms with E-state index in [4.69, 9.17) is 0 Å². The van der Waals surface area contributed by atoms with Gasteiger partial charge in [-0.2, -0.15) is 9.61 Å². The van der Waals surface area contributed by atoms with E-state index in [0.29, 0.717) is 11.3 Å². The maximum Gasteiger partial charge on any atom is 0.229 e. The summed E-state index contributed by atoms with van der Waals surface area (Å²) >= 11 is 0. The van der Waals surface area contributed by atoms with Gasteiger partial charge in [0.2, 0.25) is 10.0 Å². The van der Waals surface area contributed by atoms with Crippen molar-refractivity contribution in [3.63, 3.8) is 0 Å². The zero-order valence-electron chi connectivity index (χ0n) is 10.6. The van der Waals surface area contributed by atoms with Crippen molar-refractivity contribution in [2.45, 2.75) is 0 Å². The van der Waals surface area contributed by atoms with Crippen LogP contribution in [0.4, 0.5) is 5.69 Å². The molecule has 1 N–H and O–H groups in total. The number of benzene rings is 1. The molecule has 0 amide bonds. The molecule has 7 nitrogen and oxygen atoms in total. The van der Waals surface area contributed by atoms with E-state index in [2.05, 4.69) is 20.0 Å². The fraction of sp³-hybridized carbons (Fsp3) is 0.0833. The van der Waals surface area contributed by atoms with Gasteiger partial charge in [-0.1, -0.05) is 12.1 Å². The molecule has 0 aliphatic heterocycles. The molecule has 2 heterocycles. The molecule has 0 saturated heterocycles. The third kappa shape index (κ3) is 2.59. The molecular weight excluding hydrogens is 278 g/mol. The predicted molar refractivity (Wildman–Crippen MR) is 74.7 cm³/mol. The number of hydrogen-bond acceptors (Lipinski definition) is 5. The van der Waals surface area contributed by atoms with Crippen LogP contribution in [0, 0.1) is 0 Å². The molecule has 3 rings (SSSR count). The Morgan fingerprint density at radius 2 is 1.85 bits per heavy atom. The molecule has 8 heteroatoms. The molecule has 0 saturated carbocycles. The van der Waals surface area contributed by atoms with Crippen LogP contribution in [0.15, 0.2) is 42.7 Å². The minimum atomic E-state index is -3.26. The minimum absolute atomic E-state index is 0.515. The summed E-state index contributed by atoms with van der Waals surface area (Å²) in [5.74, 6) is 0. The minimum Gasteiger partial charge on any atom is -0.284 e. The molecule has 0 radical (unpaired) electrons. The Morgan fingerprint density at radius 3 is 2.55 bits per heavy atom. The smallest absolute Gasteiger partial charge is 0.229 e. The quantitative estimate of drug-likeness (QED) is 0.781. The lowest BCUT2D eigenvalue weighted by Gasteiger charge is -2.05. The van der Waals surface area contributed by atoms with E-state index in [0.717, 1.165) is 17.5 Å². The zero-order valence-corrected chi connectivity index (χ0v) is 11.4. The van der Waals surface area contributed by atoms with Crippen molar-refractivity contribution < 1.29 is 8.42 Å². The highest BCUT2D eigenvalue weighted by atomic mass is 32.2. The van der Waals surface area contributed by atoms with E-state index in [9.17, 15) is 8.42 Å². The van der Waals surface area contributed by atoms with E-state index in [1.807, 2.05) is 12.1 Å². The lowest BCUT2D eigenvalue weighted by atomic mass is 10.1. The number of rotatable bonds is 3. The first kappa shape index (κ1) is 12.5. The van der Waals surface area contributed by atoms with E-state index < -0.39 is 10.0 Å². The van der Waals surface area contributed by atoms with Gasteiger partial charge in [-0.25, -0.2) is 8.42 Å². The van der Waals surface area contributed by atoms with Crippen LogP contribution in [0.1, 0.15) is 0 Å². The summed E-state index contributed by atoms with van der Waals surface area (Å²) in [5.41, 5.74) is 2.81. The zero-order chi connectivity index (χ0) is 14.2. The first-order valence-electron chi connectivity index (χ1n) is 5.76. The summed E-state index contributed by atoms with van der Waals surface area (Å²) in [6.07, 6.45) is 2.64. The van der Waals surface area contributed by atoms with Gasteiger partial charge in [0, 0.05) is 11.3 Å². The van der Waals surface area contributed by atoms with Crippen molar-refractivity contribution >= 4 is 21.4 Å². The lowest BCUT2D eigenvalue weighted by molar-refractivity contribution is 0.607. The lowest BCUT2D eigenvalue weighted by Crippen LogP contribution is -2.09. The van der Waals surface area contributed by atoms with Gasteiger partial charge in [0.15, 0.2) is 5.65 Å². The van der Waals surface area contributed by atoms with Crippen LogP contribution < -0.4 is 4.72 Å². The summed E-state index contributed by atoms with van der Waals surface area (Å²) < 4.78 is 26.3. The normalized spacial score (nSPS) is 11.7. The molecule has 20 heavy (non-hydrogen) atoms. The SMILES string of the molecule is CS(=O)(=O)Nc1ccc(-c2ccc3nncn3n2)cc1. The van der Waals surface area contributed by atoms with Crippen LogP contribution >= 0.6 is 0 Å². The van der Waals surface area contributed by atoms with Gasteiger partial charge in [-0.05, 0) is 24.3 Å². The van der Waals surface area contributed by atoms with E-state index in [1.54, 1.807) is 28.8 Å². The summed E-state index contributed by atoms with van der Waals surface area (Å²) in [4.78, 5) is 0. The van der Waals surface area contributed by atoms with Gasteiger partial charge >= 0.3 is 0 Å². The topological polar surface area (TPSA) is 89.2 Å². The Morgan fingerprint density at radius 1 is 1.10 bits per heavy atom. The largest absolute Gasteiger partial charge is 0.284 e. The molecule has 0 bridgehead atoms. The van der Waals surface area contributed by atoms with Gasteiger partial charge in [-0.15, -0.1) is 10.2 Å². The van der Waals surface area contributed by atoms with Gasteiger partial charge in [-0.3, -0.25) is 4.72 Å². The van der Waals surface area contributed by atoms with Crippen LogP contribution in [0.2, 0.25) is 0 Å². The molecule has 102 valence electrons. The van der Waals surface area contributed by atoms with Gasteiger partial charge in [0.1, 0.15) is 6.33 Å². The number of nitrogens with zero attached hydrogens (tertiary/aromatic N) is 4. The first-order chi connectivity index (χ1) is 9.51.